The number of nitrogens with one attached hydrogen (secondary N) is 1. The maximum Gasteiger partial charge on any atom is 0.291 e. The van der Waals surface area contributed by atoms with Crippen LogP contribution in [0.15, 0.2) is 52.9 Å². The van der Waals surface area contributed by atoms with Crippen molar-refractivity contribution in [1.82, 2.24) is 9.80 Å². The number of para-hydroxylation sites is 1. The van der Waals surface area contributed by atoms with E-state index in [9.17, 15) is 9.59 Å². The van der Waals surface area contributed by atoms with Crippen molar-refractivity contribution >= 4 is 40.1 Å². The summed E-state index contributed by atoms with van der Waals surface area (Å²) in [6.07, 6.45) is 0. The Morgan fingerprint density at radius 2 is 1.68 bits per heavy atom. The van der Waals surface area contributed by atoms with Crippen LogP contribution < -0.4 is 5.32 Å². The minimum absolute atomic E-state index is 0.145. The Bertz CT molecular complexity index is 1040. The average Bonchev–Trinajstić information content (AvgIpc) is 3.07. The highest BCUT2D eigenvalue weighted by Crippen LogP contribution is 2.32. The number of likely N-dealkylation sites (N-methyl/N-ethyl adjacent to an activating group) is 1. The summed E-state index contributed by atoms with van der Waals surface area (Å²) in [7, 11) is 2.03. The molecule has 3 aromatic rings. The zero-order chi connectivity index (χ0) is 19.7. The number of carbonyl (C=O) groups is 2. The normalized spacial score (nSPS) is 15.0. The van der Waals surface area contributed by atoms with Gasteiger partial charge in [0.25, 0.3) is 11.8 Å². The Hall–Kier alpha value is -2.83. The third-order valence-corrected chi connectivity index (χ3v) is 5.27. The number of hydrogen-bond donors (Lipinski definition) is 1. The Morgan fingerprint density at radius 1 is 1.00 bits per heavy atom. The predicted octanol–water partition coefficient (Wildman–Crippen LogP) is 3.73. The van der Waals surface area contributed by atoms with Gasteiger partial charge in [-0.2, -0.15) is 0 Å². The number of anilines is 1. The van der Waals surface area contributed by atoms with Crippen molar-refractivity contribution in [1.29, 1.82) is 0 Å². The summed E-state index contributed by atoms with van der Waals surface area (Å²) in [6.45, 7) is 2.83. The van der Waals surface area contributed by atoms with Crippen molar-refractivity contribution in [2.45, 2.75) is 0 Å². The van der Waals surface area contributed by atoms with Crippen LogP contribution in [0, 0.1) is 0 Å². The highest BCUT2D eigenvalue weighted by molar-refractivity contribution is 6.34. The lowest BCUT2D eigenvalue weighted by Gasteiger charge is -2.32. The van der Waals surface area contributed by atoms with Gasteiger partial charge in [0.15, 0.2) is 0 Å². The van der Waals surface area contributed by atoms with Gasteiger partial charge in [0.1, 0.15) is 11.3 Å². The minimum atomic E-state index is -0.385. The monoisotopic (exact) mass is 397 g/mol. The van der Waals surface area contributed by atoms with E-state index in [4.69, 9.17) is 16.0 Å². The molecular formula is C21H20ClN3O3. The number of carbonyl (C=O) groups excluding carboxylic acids is 2. The van der Waals surface area contributed by atoms with Crippen molar-refractivity contribution < 1.29 is 14.0 Å². The molecule has 2 aromatic carbocycles. The molecule has 1 N–H and O–H groups in total. The van der Waals surface area contributed by atoms with Gasteiger partial charge in [-0.1, -0.05) is 35.9 Å². The highest BCUT2D eigenvalue weighted by Gasteiger charge is 2.28. The van der Waals surface area contributed by atoms with Crippen LogP contribution in [0.25, 0.3) is 11.0 Å². The molecule has 0 atom stereocenters. The SMILES string of the molecule is CN1CCN(C(=O)c2oc3ccccc3c2NC(=O)c2ccccc2Cl)CC1. The van der Waals surface area contributed by atoms with E-state index in [1.54, 1.807) is 35.2 Å². The van der Waals surface area contributed by atoms with Crippen LogP contribution >= 0.6 is 11.6 Å². The molecule has 0 spiro atoms. The lowest BCUT2D eigenvalue weighted by atomic mass is 10.1. The first kappa shape index (κ1) is 18.5. The number of nitrogens with zero attached hydrogens (tertiary/aromatic N) is 2. The zero-order valence-electron chi connectivity index (χ0n) is 15.4. The van der Waals surface area contributed by atoms with Gasteiger partial charge in [-0.3, -0.25) is 9.59 Å². The number of rotatable bonds is 3. The fourth-order valence-corrected chi connectivity index (χ4v) is 3.52. The number of halogens is 1. The van der Waals surface area contributed by atoms with Crippen LogP contribution in [0.2, 0.25) is 5.02 Å². The lowest BCUT2D eigenvalue weighted by molar-refractivity contribution is 0.0636. The van der Waals surface area contributed by atoms with Crippen molar-refractivity contribution in [2.24, 2.45) is 0 Å². The van der Waals surface area contributed by atoms with Crippen LogP contribution in [0.1, 0.15) is 20.9 Å². The Kier molecular flexibility index (Phi) is 5.07. The molecule has 144 valence electrons. The number of fused-ring (bicyclic) bond motifs is 1. The molecule has 0 bridgehead atoms. The van der Waals surface area contributed by atoms with E-state index in [0.29, 0.717) is 40.3 Å². The molecule has 0 unspecified atom stereocenters. The summed E-state index contributed by atoms with van der Waals surface area (Å²) in [5.41, 5.74) is 1.27. The van der Waals surface area contributed by atoms with E-state index in [-0.39, 0.29) is 17.6 Å². The number of amides is 2. The van der Waals surface area contributed by atoms with Crippen molar-refractivity contribution in [2.75, 3.05) is 38.5 Å². The van der Waals surface area contributed by atoms with Crippen LogP contribution in [0.5, 0.6) is 0 Å². The molecule has 0 radical (unpaired) electrons. The second-order valence-corrected chi connectivity index (χ2v) is 7.24. The van der Waals surface area contributed by atoms with Crippen molar-refractivity contribution in [3.8, 4) is 0 Å². The molecule has 0 saturated carbocycles. The van der Waals surface area contributed by atoms with Crippen molar-refractivity contribution in [3.63, 3.8) is 0 Å². The molecule has 4 rings (SSSR count). The third kappa shape index (κ3) is 3.48. The first-order chi connectivity index (χ1) is 13.5. The molecular weight excluding hydrogens is 378 g/mol. The summed E-state index contributed by atoms with van der Waals surface area (Å²) < 4.78 is 5.86. The summed E-state index contributed by atoms with van der Waals surface area (Å²) in [4.78, 5) is 29.8. The Balaban J connectivity index is 1.70. The number of piperazine rings is 1. The first-order valence-corrected chi connectivity index (χ1v) is 9.47. The molecule has 1 aliphatic rings. The van der Waals surface area contributed by atoms with Gasteiger partial charge in [-0.15, -0.1) is 0 Å². The predicted molar refractivity (Wildman–Crippen MR) is 109 cm³/mol. The quantitative estimate of drug-likeness (QED) is 0.731. The summed E-state index contributed by atoms with van der Waals surface area (Å²) in [5, 5.41) is 3.87. The van der Waals surface area contributed by atoms with Crippen LogP contribution in [-0.2, 0) is 0 Å². The second-order valence-electron chi connectivity index (χ2n) is 6.83. The van der Waals surface area contributed by atoms with E-state index < -0.39 is 0 Å². The van der Waals surface area contributed by atoms with Crippen molar-refractivity contribution in [3.05, 3.63) is 64.9 Å². The summed E-state index contributed by atoms with van der Waals surface area (Å²) in [5.74, 6) is -0.463. The van der Waals surface area contributed by atoms with Gasteiger partial charge in [-0.25, -0.2) is 0 Å². The standard InChI is InChI=1S/C21H20ClN3O3/c1-24-10-12-25(13-11-24)21(27)19-18(15-7-3-5-9-17(15)28-19)23-20(26)14-6-2-4-8-16(14)22/h2-9H,10-13H2,1H3,(H,23,26). The zero-order valence-corrected chi connectivity index (χ0v) is 16.2. The molecule has 28 heavy (non-hydrogen) atoms. The Labute approximate surface area is 167 Å². The molecule has 2 amide bonds. The van der Waals surface area contributed by atoms with Gasteiger partial charge < -0.3 is 19.5 Å². The van der Waals surface area contributed by atoms with E-state index in [2.05, 4.69) is 10.2 Å². The largest absolute Gasteiger partial charge is 0.449 e. The van der Waals surface area contributed by atoms with E-state index in [1.165, 1.54) is 0 Å². The minimum Gasteiger partial charge on any atom is -0.449 e. The molecule has 2 heterocycles. The molecule has 1 saturated heterocycles. The topological polar surface area (TPSA) is 65.8 Å². The van der Waals surface area contributed by atoms with Gasteiger partial charge in [0, 0.05) is 31.6 Å². The number of benzene rings is 2. The maximum atomic E-state index is 13.1. The van der Waals surface area contributed by atoms with Crippen LogP contribution in [0.3, 0.4) is 0 Å². The molecule has 7 heteroatoms. The van der Waals surface area contributed by atoms with E-state index >= 15 is 0 Å². The lowest BCUT2D eigenvalue weighted by Crippen LogP contribution is -2.47. The summed E-state index contributed by atoms with van der Waals surface area (Å²) >= 11 is 6.15. The smallest absolute Gasteiger partial charge is 0.291 e. The fourth-order valence-electron chi connectivity index (χ4n) is 3.30. The van der Waals surface area contributed by atoms with Gasteiger partial charge in [0.2, 0.25) is 5.76 Å². The van der Waals surface area contributed by atoms with E-state index in [1.807, 2.05) is 25.2 Å². The molecule has 6 nitrogen and oxygen atoms in total. The average molecular weight is 398 g/mol. The highest BCUT2D eigenvalue weighted by atomic mass is 35.5. The van der Waals surface area contributed by atoms with Gasteiger partial charge in [-0.05, 0) is 31.3 Å². The number of furan rings is 1. The van der Waals surface area contributed by atoms with E-state index in [0.717, 1.165) is 13.1 Å². The van der Waals surface area contributed by atoms with Gasteiger partial charge >= 0.3 is 0 Å². The molecule has 1 aliphatic heterocycles. The molecule has 0 aliphatic carbocycles. The first-order valence-electron chi connectivity index (χ1n) is 9.10. The summed E-state index contributed by atoms with van der Waals surface area (Å²) in [6, 6.07) is 14.1. The van der Waals surface area contributed by atoms with Crippen LogP contribution in [0.4, 0.5) is 5.69 Å². The molecule has 1 aromatic heterocycles. The van der Waals surface area contributed by atoms with Crippen LogP contribution in [-0.4, -0.2) is 54.8 Å². The van der Waals surface area contributed by atoms with Gasteiger partial charge in [0.05, 0.1) is 10.6 Å². The Morgan fingerprint density at radius 3 is 2.43 bits per heavy atom. The second kappa shape index (κ2) is 7.66. The fraction of sp³-hybridized carbons (Fsp3) is 0.238. The third-order valence-electron chi connectivity index (χ3n) is 4.94. The molecule has 1 fully saturated rings. The number of hydrogen-bond acceptors (Lipinski definition) is 4. The maximum absolute atomic E-state index is 13.1.